The zero-order valence-electron chi connectivity index (χ0n) is 15.4. The van der Waals surface area contributed by atoms with Gasteiger partial charge in [-0.1, -0.05) is 6.92 Å². The van der Waals surface area contributed by atoms with Crippen LogP contribution in [0.5, 0.6) is 0 Å². The van der Waals surface area contributed by atoms with Crippen LogP contribution in [-0.4, -0.2) is 43.0 Å². The van der Waals surface area contributed by atoms with Gasteiger partial charge in [-0.3, -0.25) is 4.79 Å². The van der Waals surface area contributed by atoms with Crippen molar-refractivity contribution in [3.63, 3.8) is 0 Å². The molecule has 2 N–H and O–H groups in total. The molecule has 1 atom stereocenters. The number of thiophene rings is 1. The highest BCUT2D eigenvalue weighted by Crippen LogP contribution is 2.41. The molecule has 3 aromatic rings. The predicted molar refractivity (Wildman–Crippen MR) is 109 cm³/mol. The Morgan fingerprint density at radius 1 is 1.21 bits per heavy atom. The number of piperidine rings is 1. The molecule has 2 aromatic heterocycles. The Balaban J connectivity index is 1.61. The molecule has 2 aliphatic heterocycles. The van der Waals surface area contributed by atoms with Crippen molar-refractivity contribution >= 4 is 49.7 Å². The summed E-state index contributed by atoms with van der Waals surface area (Å²) >= 11 is 1.46. The monoisotopic (exact) mass is 402 g/mol. The first kappa shape index (κ1) is 17.6. The second kappa shape index (κ2) is 6.27. The highest BCUT2D eigenvalue weighted by Gasteiger charge is 2.42. The van der Waals surface area contributed by atoms with E-state index in [-0.39, 0.29) is 12.5 Å². The Morgan fingerprint density at radius 3 is 2.86 bits per heavy atom. The summed E-state index contributed by atoms with van der Waals surface area (Å²) in [4.78, 5) is 19.3. The zero-order chi connectivity index (χ0) is 19.5. The largest absolute Gasteiger partial charge is 0.381 e. The lowest BCUT2D eigenvalue weighted by Gasteiger charge is -2.37. The second-order valence-electron chi connectivity index (χ2n) is 7.54. The van der Waals surface area contributed by atoms with E-state index in [0.717, 1.165) is 26.7 Å². The van der Waals surface area contributed by atoms with Crippen LogP contribution in [0.4, 0.5) is 20.3 Å². The van der Waals surface area contributed by atoms with E-state index in [0.29, 0.717) is 36.8 Å². The molecule has 28 heavy (non-hydrogen) atoms. The van der Waals surface area contributed by atoms with E-state index in [4.69, 9.17) is 0 Å². The maximum atomic E-state index is 14.2. The van der Waals surface area contributed by atoms with E-state index < -0.39 is 11.8 Å². The Hall–Kier alpha value is -2.48. The van der Waals surface area contributed by atoms with Crippen LogP contribution in [0.1, 0.15) is 23.0 Å². The first-order valence-corrected chi connectivity index (χ1v) is 10.3. The number of anilines is 2. The van der Waals surface area contributed by atoms with Crippen LogP contribution in [0.3, 0.4) is 0 Å². The topological polar surface area (TPSA) is 57.3 Å². The van der Waals surface area contributed by atoms with Crippen LogP contribution >= 0.6 is 11.3 Å². The fraction of sp³-hybridized carbons (Fsp3) is 0.400. The molecule has 1 aromatic carbocycles. The maximum Gasteiger partial charge on any atom is 0.267 e. The third-order valence-electron chi connectivity index (χ3n) is 5.70. The SMILES string of the molecule is CC1CCN(c2ccc3c(ccc4sc5c(c43)NCCNC5=O)n2)CC1(F)F. The average molecular weight is 402 g/mol. The number of amides is 1. The van der Waals surface area contributed by atoms with Crippen molar-refractivity contribution in [3.8, 4) is 0 Å². The number of pyridine rings is 1. The van der Waals surface area contributed by atoms with E-state index in [1.165, 1.54) is 11.3 Å². The molecule has 1 unspecified atom stereocenters. The molecule has 0 saturated carbocycles. The van der Waals surface area contributed by atoms with Gasteiger partial charge in [0.1, 0.15) is 10.7 Å². The molecule has 5 rings (SSSR count). The number of benzene rings is 1. The molecule has 0 aliphatic carbocycles. The number of carbonyl (C=O) groups excluding carboxylic acids is 1. The third kappa shape index (κ3) is 2.70. The summed E-state index contributed by atoms with van der Waals surface area (Å²) in [5.41, 5.74) is 1.59. The first-order valence-electron chi connectivity index (χ1n) is 9.45. The Kier molecular flexibility index (Phi) is 3.94. The van der Waals surface area contributed by atoms with Gasteiger partial charge in [0.15, 0.2) is 0 Å². The molecule has 146 valence electrons. The van der Waals surface area contributed by atoms with Gasteiger partial charge < -0.3 is 15.5 Å². The van der Waals surface area contributed by atoms with Crippen molar-refractivity contribution in [1.82, 2.24) is 10.3 Å². The number of carbonyl (C=O) groups is 1. The van der Waals surface area contributed by atoms with E-state index >= 15 is 0 Å². The number of rotatable bonds is 1. The molecule has 5 nitrogen and oxygen atoms in total. The van der Waals surface area contributed by atoms with Gasteiger partial charge >= 0.3 is 0 Å². The maximum absolute atomic E-state index is 14.2. The highest BCUT2D eigenvalue weighted by molar-refractivity contribution is 7.21. The number of aromatic nitrogens is 1. The van der Waals surface area contributed by atoms with Crippen molar-refractivity contribution in [2.45, 2.75) is 19.3 Å². The molecule has 0 spiro atoms. The van der Waals surface area contributed by atoms with Crippen LogP contribution in [0.2, 0.25) is 0 Å². The molecule has 2 aliphatic rings. The molecular formula is C20H20F2N4OS. The van der Waals surface area contributed by atoms with Crippen molar-refractivity contribution in [1.29, 1.82) is 0 Å². The summed E-state index contributed by atoms with van der Waals surface area (Å²) < 4.78 is 29.3. The minimum Gasteiger partial charge on any atom is -0.381 e. The number of halogens is 2. The molecular weight excluding hydrogens is 382 g/mol. The summed E-state index contributed by atoms with van der Waals surface area (Å²) in [6.07, 6.45) is 0.447. The first-order chi connectivity index (χ1) is 13.4. The second-order valence-corrected chi connectivity index (χ2v) is 8.59. The van der Waals surface area contributed by atoms with E-state index in [2.05, 4.69) is 15.6 Å². The Morgan fingerprint density at radius 2 is 2.04 bits per heavy atom. The van der Waals surface area contributed by atoms with Crippen LogP contribution in [0.25, 0.3) is 21.0 Å². The smallest absolute Gasteiger partial charge is 0.267 e. The summed E-state index contributed by atoms with van der Waals surface area (Å²) in [5.74, 6) is -2.81. The van der Waals surface area contributed by atoms with Gasteiger partial charge in [0.2, 0.25) is 0 Å². The molecule has 1 fully saturated rings. The standard InChI is InChI=1S/C20H20F2N4OS/c1-11-6-9-26(10-20(11,21)22)15-5-2-12-13(25-15)3-4-14-16(12)17-18(28-14)19(27)24-8-7-23-17/h2-5,11,23H,6-10H2,1H3,(H,24,27). The van der Waals surface area contributed by atoms with Crippen LogP contribution in [0, 0.1) is 5.92 Å². The van der Waals surface area contributed by atoms with Gasteiger partial charge in [-0.05, 0) is 30.7 Å². The van der Waals surface area contributed by atoms with Crippen molar-refractivity contribution in [2.24, 2.45) is 5.92 Å². The minimum atomic E-state index is -2.71. The lowest BCUT2D eigenvalue weighted by atomic mass is 9.95. The quantitative estimate of drug-likeness (QED) is 0.644. The van der Waals surface area contributed by atoms with Gasteiger partial charge in [-0.15, -0.1) is 11.3 Å². The molecule has 0 bridgehead atoms. The Labute approximate surface area is 164 Å². The van der Waals surface area contributed by atoms with Gasteiger partial charge in [0, 0.05) is 41.0 Å². The molecule has 8 heteroatoms. The number of alkyl halides is 2. The molecule has 0 radical (unpaired) electrons. The van der Waals surface area contributed by atoms with Gasteiger partial charge in [0.25, 0.3) is 11.8 Å². The summed E-state index contributed by atoms with van der Waals surface area (Å²) in [7, 11) is 0. The van der Waals surface area contributed by atoms with Crippen molar-refractivity contribution < 1.29 is 13.6 Å². The van der Waals surface area contributed by atoms with Gasteiger partial charge in [-0.2, -0.15) is 0 Å². The van der Waals surface area contributed by atoms with Crippen molar-refractivity contribution in [3.05, 3.63) is 29.1 Å². The summed E-state index contributed by atoms with van der Waals surface area (Å²) in [5, 5.41) is 8.15. The average Bonchev–Trinajstić information content (AvgIpc) is 2.96. The van der Waals surface area contributed by atoms with E-state index in [9.17, 15) is 13.6 Å². The van der Waals surface area contributed by atoms with E-state index in [1.807, 2.05) is 24.3 Å². The van der Waals surface area contributed by atoms with Crippen LogP contribution in [0.15, 0.2) is 24.3 Å². The van der Waals surface area contributed by atoms with Crippen LogP contribution in [-0.2, 0) is 0 Å². The number of hydrogen-bond acceptors (Lipinski definition) is 5. The summed E-state index contributed by atoms with van der Waals surface area (Å²) in [6, 6.07) is 7.61. The molecule has 1 saturated heterocycles. The third-order valence-corrected chi connectivity index (χ3v) is 6.86. The van der Waals surface area contributed by atoms with E-state index in [1.54, 1.807) is 11.8 Å². The Bertz CT molecular complexity index is 1100. The lowest BCUT2D eigenvalue weighted by molar-refractivity contribution is -0.0573. The van der Waals surface area contributed by atoms with Crippen molar-refractivity contribution in [2.75, 3.05) is 36.4 Å². The molecule has 4 heterocycles. The predicted octanol–water partition coefficient (Wildman–Crippen LogP) is 4.09. The minimum absolute atomic E-state index is 0.0661. The fourth-order valence-electron chi connectivity index (χ4n) is 3.98. The van der Waals surface area contributed by atoms with Crippen LogP contribution < -0.4 is 15.5 Å². The normalized spacial score (nSPS) is 21.9. The fourth-order valence-corrected chi connectivity index (χ4v) is 5.10. The van der Waals surface area contributed by atoms with Gasteiger partial charge in [-0.25, -0.2) is 13.8 Å². The summed E-state index contributed by atoms with van der Waals surface area (Å²) in [6.45, 7) is 3.12. The van der Waals surface area contributed by atoms with Gasteiger partial charge in [0.05, 0.1) is 17.7 Å². The number of fused-ring (bicyclic) bond motifs is 5. The number of nitrogens with zero attached hydrogens (tertiary/aromatic N) is 2. The number of nitrogens with one attached hydrogen (secondary N) is 2. The highest BCUT2D eigenvalue weighted by atomic mass is 32.1. The molecule has 1 amide bonds. The zero-order valence-corrected chi connectivity index (χ0v) is 16.2. The number of hydrogen-bond donors (Lipinski definition) is 2. The lowest BCUT2D eigenvalue weighted by Crippen LogP contribution is -2.48.